The van der Waals surface area contributed by atoms with Crippen LogP contribution in [0.3, 0.4) is 0 Å². The van der Waals surface area contributed by atoms with Gasteiger partial charge in [-0.25, -0.2) is 18.0 Å². The van der Waals surface area contributed by atoms with Gasteiger partial charge in [-0.2, -0.15) is 0 Å². The Labute approximate surface area is 184 Å². The van der Waals surface area contributed by atoms with Crippen LogP contribution in [0.4, 0.5) is 5.69 Å². The number of sulfonamides is 1. The van der Waals surface area contributed by atoms with E-state index >= 15 is 0 Å². The second-order valence-electron chi connectivity index (χ2n) is 6.31. The first kappa shape index (κ1) is 22.4. The van der Waals surface area contributed by atoms with Gasteiger partial charge in [0, 0.05) is 12.1 Å². The zero-order valence-corrected chi connectivity index (χ0v) is 18.1. The van der Waals surface area contributed by atoms with Crippen LogP contribution in [0, 0.1) is 0 Å². The van der Waals surface area contributed by atoms with E-state index in [1.807, 2.05) is 0 Å². The van der Waals surface area contributed by atoms with E-state index in [0.29, 0.717) is 10.7 Å². The molecular formula is C21H18ClNO7S. The number of hydrogen-bond acceptors (Lipinski definition) is 7. The van der Waals surface area contributed by atoms with Gasteiger partial charge in [0.25, 0.3) is 10.0 Å². The Morgan fingerprint density at radius 2 is 1.81 bits per heavy atom. The number of esters is 2. The molecule has 8 nitrogen and oxygen atoms in total. The van der Waals surface area contributed by atoms with Crippen molar-refractivity contribution in [1.82, 2.24) is 0 Å². The largest absolute Gasteiger partial charge is 0.465 e. The van der Waals surface area contributed by atoms with Crippen molar-refractivity contribution in [2.75, 3.05) is 18.5 Å². The summed E-state index contributed by atoms with van der Waals surface area (Å²) >= 11 is 5.95. The third-order valence-corrected chi connectivity index (χ3v) is 6.40. The van der Waals surface area contributed by atoms with Crippen molar-refractivity contribution in [3.63, 3.8) is 0 Å². The second-order valence-corrected chi connectivity index (χ2v) is 8.71. The van der Waals surface area contributed by atoms with Gasteiger partial charge in [0.05, 0.1) is 29.5 Å². The minimum absolute atomic E-state index is 0.0201. The number of halogens is 1. The van der Waals surface area contributed by atoms with E-state index in [2.05, 4.69) is 4.74 Å². The van der Waals surface area contributed by atoms with Crippen LogP contribution in [-0.2, 0) is 26.1 Å². The Bertz CT molecular complexity index is 1220. The minimum atomic E-state index is -3.96. The van der Waals surface area contributed by atoms with Gasteiger partial charge in [-0.3, -0.25) is 4.31 Å². The molecule has 1 heterocycles. The van der Waals surface area contributed by atoms with Crippen molar-refractivity contribution in [2.24, 2.45) is 0 Å². The van der Waals surface area contributed by atoms with E-state index < -0.39 is 22.0 Å². The molecule has 0 atom stereocenters. The first-order chi connectivity index (χ1) is 14.7. The van der Waals surface area contributed by atoms with Crippen molar-refractivity contribution in [2.45, 2.75) is 11.5 Å². The highest BCUT2D eigenvalue weighted by Crippen LogP contribution is 2.25. The smallest absolute Gasteiger partial charge is 0.341 e. The third kappa shape index (κ3) is 4.89. The van der Waals surface area contributed by atoms with Crippen LogP contribution in [0.25, 0.3) is 0 Å². The number of anilines is 1. The number of carbonyl (C=O) groups excluding carboxylic acids is 2. The number of furan rings is 1. The zero-order chi connectivity index (χ0) is 22.6. The highest BCUT2D eigenvalue weighted by molar-refractivity contribution is 7.92. The van der Waals surface area contributed by atoms with Gasteiger partial charge in [-0.15, -0.1) is 0 Å². The summed E-state index contributed by atoms with van der Waals surface area (Å²) in [6.45, 7) is -0.324. The molecule has 0 unspecified atom stereocenters. The molecule has 1 aromatic heterocycles. The molecule has 0 N–H and O–H groups in total. The van der Waals surface area contributed by atoms with E-state index in [0.717, 1.165) is 4.31 Å². The topological polar surface area (TPSA) is 103 Å². The SMILES string of the molecule is COC(=O)c1ccoc1COC(=O)c1cccc(S(=O)(=O)N(C)c2cccc(Cl)c2)c1. The monoisotopic (exact) mass is 463 g/mol. The quantitative estimate of drug-likeness (QED) is 0.489. The van der Waals surface area contributed by atoms with Gasteiger partial charge in [0.15, 0.2) is 12.4 Å². The Kier molecular flexibility index (Phi) is 6.67. The van der Waals surface area contributed by atoms with Crippen molar-refractivity contribution < 1.29 is 31.9 Å². The van der Waals surface area contributed by atoms with Crippen LogP contribution in [0.5, 0.6) is 0 Å². The lowest BCUT2D eigenvalue weighted by Gasteiger charge is -2.20. The highest BCUT2D eigenvalue weighted by Gasteiger charge is 2.23. The van der Waals surface area contributed by atoms with Crippen molar-refractivity contribution in [3.8, 4) is 0 Å². The van der Waals surface area contributed by atoms with Gasteiger partial charge < -0.3 is 13.9 Å². The van der Waals surface area contributed by atoms with Crippen LogP contribution in [0.1, 0.15) is 26.5 Å². The van der Waals surface area contributed by atoms with Crippen LogP contribution in [-0.4, -0.2) is 34.5 Å². The fraction of sp³-hybridized carbons (Fsp3) is 0.143. The van der Waals surface area contributed by atoms with E-state index in [9.17, 15) is 18.0 Å². The first-order valence-corrected chi connectivity index (χ1v) is 10.7. The maximum Gasteiger partial charge on any atom is 0.341 e. The average molecular weight is 464 g/mol. The van der Waals surface area contributed by atoms with Crippen LogP contribution in [0.2, 0.25) is 5.02 Å². The second kappa shape index (κ2) is 9.23. The number of methoxy groups -OCH3 is 1. The molecule has 2 aromatic carbocycles. The third-order valence-electron chi connectivity index (χ3n) is 4.39. The molecule has 0 bridgehead atoms. The van der Waals surface area contributed by atoms with Crippen LogP contribution >= 0.6 is 11.6 Å². The molecule has 0 spiro atoms. The Hall–Kier alpha value is -3.30. The highest BCUT2D eigenvalue weighted by atomic mass is 35.5. The molecule has 0 saturated heterocycles. The molecule has 0 aliphatic carbocycles. The van der Waals surface area contributed by atoms with Crippen molar-refractivity contribution in [1.29, 1.82) is 0 Å². The minimum Gasteiger partial charge on any atom is -0.465 e. The van der Waals surface area contributed by atoms with Crippen LogP contribution < -0.4 is 4.31 Å². The average Bonchev–Trinajstić information content (AvgIpc) is 3.25. The van der Waals surface area contributed by atoms with Gasteiger partial charge in [0.2, 0.25) is 0 Å². The number of ether oxygens (including phenoxy) is 2. The fourth-order valence-corrected chi connectivity index (χ4v) is 4.13. The van der Waals surface area contributed by atoms with Crippen LogP contribution in [0.15, 0.2) is 70.2 Å². The summed E-state index contributed by atoms with van der Waals surface area (Å²) in [4.78, 5) is 24.0. The number of benzene rings is 2. The Balaban J connectivity index is 1.79. The fourth-order valence-electron chi connectivity index (χ4n) is 2.71. The number of rotatable bonds is 7. The van der Waals surface area contributed by atoms with Crippen molar-refractivity contribution >= 4 is 39.3 Å². The summed E-state index contributed by atoms with van der Waals surface area (Å²) < 4.78 is 42.0. The number of carbonyl (C=O) groups is 2. The van der Waals surface area contributed by atoms with Gasteiger partial charge >= 0.3 is 11.9 Å². The molecule has 0 saturated carbocycles. The standard InChI is InChI=1S/C21H18ClNO7S/c1-23(16-7-4-6-15(22)12-16)31(26,27)17-8-3-5-14(11-17)20(24)30-13-19-18(9-10-29-19)21(25)28-2/h3-12H,13H2,1-2H3. The molecule has 10 heteroatoms. The predicted molar refractivity (Wildman–Crippen MR) is 113 cm³/mol. The molecule has 31 heavy (non-hydrogen) atoms. The lowest BCUT2D eigenvalue weighted by molar-refractivity contribution is 0.0432. The van der Waals surface area contributed by atoms with Crippen molar-refractivity contribution in [3.05, 3.63) is 82.8 Å². The molecule has 0 amide bonds. The van der Waals surface area contributed by atoms with E-state index in [-0.39, 0.29) is 28.4 Å². The summed E-state index contributed by atoms with van der Waals surface area (Å²) in [6, 6.07) is 13.2. The Morgan fingerprint density at radius 3 is 2.52 bits per heavy atom. The molecule has 0 fully saturated rings. The van der Waals surface area contributed by atoms with Gasteiger partial charge in [-0.05, 0) is 42.5 Å². The van der Waals surface area contributed by atoms with Gasteiger partial charge in [-0.1, -0.05) is 23.7 Å². The molecule has 0 aliphatic rings. The summed E-state index contributed by atoms with van der Waals surface area (Å²) in [5.41, 5.74) is 0.523. The molecule has 0 radical (unpaired) electrons. The van der Waals surface area contributed by atoms with Gasteiger partial charge in [0.1, 0.15) is 5.56 Å². The maximum atomic E-state index is 13.0. The Morgan fingerprint density at radius 1 is 1.06 bits per heavy atom. The summed E-state index contributed by atoms with van der Waals surface area (Å²) in [5.74, 6) is -1.30. The molecule has 3 rings (SSSR count). The summed E-state index contributed by atoms with van der Waals surface area (Å²) in [6.07, 6.45) is 1.27. The predicted octanol–water partition coefficient (Wildman–Crippen LogP) is 3.90. The lowest BCUT2D eigenvalue weighted by Crippen LogP contribution is -2.26. The maximum absolute atomic E-state index is 13.0. The number of nitrogens with zero attached hydrogens (tertiary/aromatic N) is 1. The molecule has 3 aromatic rings. The van der Waals surface area contributed by atoms with E-state index in [1.54, 1.807) is 18.2 Å². The molecular weight excluding hydrogens is 446 g/mol. The lowest BCUT2D eigenvalue weighted by atomic mass is 10.2. The zero-order valence-electron chi connectivity index (χ0n) is 16.6. The summed E-state index contributed by atoms with van der Waals surface area (Å²) in [7, 11) is -1.35. The normalized spacial score (nSPS) is 11.1. The number of hydrogen-bond donors (Lipinski definition) is 0. The molecule has 162 valence electrons. The summed E-state index contributed by atoms with van der Waals surface area (Å²) in [5, 5.41) is 0.390. The van der Waals surface area contributed by atoms with E-state index in [1.165, 1.54) is 56.8 Å². The van der Waals surface area contributed by atoms with E-state index in [4.69, 9.17) is 20.8 Å². The first-order valence-electron chi connectivity index (χ1n) is 8.90. The molecule has 0 aliphatic heterocycles.